The van der Waals surface area contributed by atoms with Gasteiger partial charge in [-0.05, 0) is 30.3 Å². The van der Waals surface area contributed by atoms with Crippen LogP contribution in [0.2, 0.25) is 0 Å². The van der Waals surface area contributed by atoms with Crippen LogP contribution in [0.25, 0.3) is 5.82 Å². The Bertz CT molecular complexity index is 1660. The van der Waals surface area contributed by atoms with Crippen LogP contribution < -0.4 is 26.2 Å². The lowest BCUT2D eigenvalue weighted by Gasteiger charge is -2.21. The highest BCUT2D eigenvalue weighted by Gasteiger charge is 2.28. The second kappa shape index (κ2) is 12.8. The van der Waals surface area contributed by atoms with Crippen molar-refractivity contribution in [2.45, 2.75) is 19.4 Å². The topological polar surface area (TPSA) is 223 Å². The van der Waals surface area contributed by atoms with Crippen molar-refractivity contribution in [3.05, 3.63) is 81.7 Å². The number of carbonyl (C=O) groups is 2. The number of esters is 2. The SMILES string of the molecule is COc1cc(OCCCO)c(F)c(C(Nc2ccc(C(=N)N)cc2)c2nn(-c3nc[nH]c3C(=O)OC(C)=O)c(=O)[nH]2)c1. The molecule has 0 aliphatic carbocycles. The largest absolute Gasteiger partial charge is 0.497 e. The number of H-pyrrole nitrogens is 2. The van der Waals surface area contributed by atoms with Gasteiger partial charge in [-0.25, -0.2) is 19.0 Å². The summed E-state index contributed by atoms with van der Waals surface area (Å²) in [6.45, 7) is 0.900. The highest BCUT2D eigenvalue weighted by atomic mass is 19.1. The number of halogens is 1. The molecule has 2 heterocycles. The summed E-state index contributed by atoms with van der Waals surface area (Å²) in [5.74, 6) is -3.21. The second-order valence-corrected chi connectivity index (χ2v) is 8.73. The number of nitrogen functional groups attached to an aromatic ring is 1. The number of aromatic nitrogens is 5. The van der Waals surface area contributed by atoms with E-state index < -0.39 is 29.5 Å². The molecular formula is C26H27FN8O7. The van der Waals surface area contributed by atoms with Crippen molar-refractivity contribution in [2.24, 2.45) is 5.73 Å². The van der Waals surface area contributed by atoms with Gasteiger partial charge >= 0.3 is 17.6 Å². The molecule has 15 nitrogen and oxygen atoms in total. The second-order valence-electron chi connectivity index (χ2n) is 8.73. The first-order valence-electron chi connectivity index (χ1n) is 12.4. The zero-order chi connectivity index (χ0) is 30.4. The first-order chi connectivity index (χ1) is 20.1. The number of methoxy groups -OCH3 is 1. The standard InChI is InChI=1S/C26H27FN8O7/c1-13(37)42-25(38)21-24(31-12-30-21)35-26(39)33-23(34-35)20(32-15-6-4-14(5-7-15)22(28)29)17-10-16(40-2)11-18(19(17)27)41-9-3-8-36/h4-7,10-12,20,32,36H,3,8-9H2,1-2H3,(H3,28,29)(H,30,31)(H,33,34,39). The smallest absolute Gasteiger partial charge is 0.366 e. The van der Waals surface area contributed by atoms with Crippen LogP contribution in [0.3, 0.4) is 0 Å². The molecule has 0 bridgehead atoms. The number of nitrogens with two attached hydrogens (primary N) is 1. The summed E-state index contributed by atoms with van der Waals surface area (Å²) < 4.78 is 32.2. The van der Waals surface area contributed by atoms with Crippen LogP contribution >= 0.6 is 0 Å². The number of aliphatic hydroxyl groups excluding tert-OH is 1. The number of aliphatic hydroxyl groups is 1. The molecule has 1 atom stereocenters. The maximum Gasteiger partial charge on any atom is 0.366 e. The number of anilines is 1. The van der Waals surface area contributed by atoms with Crippen LogP contribution in [-0.2, 0) is 9.53 Å². The van der Waals surface area contributed by atoms with Gasteiger partial charge in [0, 0.05) is 42.8 Å². The Labute approximate surface area is 237 Å². The highest BCUT2D eigenvalue weighted by molar-refractivity contribution is 5.97. The molecule has 0 aliphatic heterocycles. The number of nitrogens with one attached hydrogen (secondary N) is 4. The Morgan fingerprint density at radius 1 is 1.26 bits per heavy atom. The van der Waals surface area contributed by atoms with E-state index in [0.717, 1.165) is 17.9 Å². The van der Waals surface area contributed by atoms with Crippen molar-refractivity contribution < 1.29 is 33.3 Å². The molecule has 220 valence electrons. The molecule has 0 fully saturated rings. The minimum absolute atomic E-state index is 0.0222. The molecule has 0 amide bonds. The number of benzene rings is 2. The average Bonchev–Trinajstić information content (AvgIpc) is 3.59. The van der Waals surface area contributed by atoms with Crippen LogP contribution in [-0.4, -0.2) is 67.9 Å². The number of hydrogen-bond donors (Lipinski definition) is 6. The van der Waals surface area contributed by atoms with E-state index in [0.29, 0.717) is 11.3 Å². The van der Waals surface area contributed by atoms with Crippen LogP contribution in [0.4, 0.5) is 10.1 Å². The number of hydrogen-bond acceptors (Lipinski definition) is 11. The number of ether oxygens (including phenoxy) is 3. The van der Waals surface area contributed by atoms with Gasteiger partial charge in [0.05, 0.1) is 20.0 Å². The zero-order valence-corrected chi connectivity index (χ0v) is 22.4. The molecule has 0 aliphatic rings. The molecule has 4 rings (SSSR count). The van der Waals surface area contributed by atoms with Gasteiger partial charge in [0.15, 0.2) is 28.9 Å². The molecule has 1 unspecified atom stereocenters. The Kier molecular flexibility index (Phi) is 8.96. The molecule has 7 N–H and O–H groups in total. The molecule has 16 heteroatoms. The third-order valence-electron chi connectivity index (χ3n) is 5.82. The molecular weight excluding hydrogens is 555 g/mol. The van der Waals surface area contributed by atoms with Crippen molar-refractivity contribution in [3.63, 3.8) is 0 Å². The zero-order valence-electron chi connectivity index (χ0n) is 22.4. The van der Waals surface area contributed by atoms with E-state index >= 15 is 4.39 Å². The van der Waals surface area contributed by atoms with Crippen molar-refractivity contribution in [2.75, 3.05) is 25.6 Å². The van der Waals surface area contributed by atoms with Crippen LogP contribution in [0.5, 0.6) is 11.5 Å². The summed E-state index contributed by atoms with van der Waals surface area (Å²) in [7, 11) is 1.38. The fourth-order valence-corrected chi connectivity index (χ4v) is 3.87. The van der Waals surface area contributed by atoms with E-state index in [1.807, 2.05) is 0 Å². The molecule has 0 saturated carbocycles. The summed E-state index contributed by atoms with van der Waals surface area (Å²) >= 11 is 0. The van der Waals surface area contributed by atoms with Crippen molar-refractivity contribution in [1.29, 1.82) is 5.41 Å². The van der Waals surface area contributed by atoms with Crippen molar-refractivity contribution in [3.8, 4) is 17.3 Å². The quantitative estimate of drug-likeness (QED) is 0.0460. The van der Waals surface area contributed by atoms with Crippen molar-refractivity contribution in [1.82, 2.24) is 24.7 Å². The fraction of sp³-hybridized carbons (Fsp3) is 0.231. The third kappa shape index (κ3) is 6.44. The fourth-order valence-electron chi connectivity index (χ4n) is 3.87. The monoisotopic (exact) mass is 582 g/mol. The van der Waals surface area contributed by atoms with E-state index in [1.54, 1.807) is 24.3 Å². The predicted molar refractivity (Wildman–Crippen MR) is 146 cm³/mol. The number of nitrogens with zero attached hydrogens (tertiary/aromatic N) is 3. The first-order valence-corrected chi connectivity index (χ1v) is 12.4. The molecule has 0 radical (unpaired) electrons. The average molecular weight is 583 g/mol. The number of amidine groups is 1. The summed E-state index contributed by atoms with van der Waals surface area (Å²) in [5, 5.41) is 24.1. The summed E-state index contributed by atoms with van der Waals surface area (Å²) in [6, 6.07) is 7.89. The Morgan fingerprint density at radius 3 is 2.64 bits per heavy atom. The van der Waals surface area contributed by atoms with Gasteiger partial charge in [-0.2, -0.15) is 4.68 Å². The minimum Gasteiger partial charge on any atom is -0.497 e. The molecule has 42 heavy (non-hydrogen) atoms. The van der Waals surface area contributed by atoms with E-state index in [4.69, 9.17) is 25.7 Å². The molecule has 2 aromatic heterocycles. The van der Waals surface area contributed by atoms with Crippen LogP contribution in [0, 0.1) is 11.2 Å². The summed E-state index contributed by atoms with van der Waals surface area (Å²) in [4.78, 5) is 45.7. The van der Waals surface area contributed by atoms with Gasteiger partial charge < -0.3 is 35.4 Å². The third-order valence-corrected chi connectivity index (χ3v) is 5.82. The van der Waals surface area contributed by atoms with Gasteiger partial charge in [-0.3, -0.25) is 15.2 Å². The van der Waals surface area contributed by atoms with Gasteiger partial charge in [0.2, 0.25) is 0 Å². The van der Waals surface area contributed by atoms with Gasteiger partial charge in [-0.15, -0.1) is 5.10 Å². The van der Waals surface area contributed by atoms with E-state index in [2.05, 4.69) is 30.1 Å². The van der Waals surface area contributed by atoms with E-state index in [9.17, 15) is 14.4 Å². The van der Waals surface area contributed by atoms with Gasteiger partial charge in [-0.1, -0.05) is 0 Å². The normalized spacial score (nSPS) is 11.5. The lowest BCUT2D eigenvalue weighted by Crippen LogP contribution is -2.20. The number of imidazole rings is 1. The van der Waals surface area contributed by atoms with Crippen molar-refractivity contribution >= 4 is 23.5 Å². The number of carbonyl (C=O) groups excluding carboxylic acids is 2. The molecule has 0 spiro atoms. The Morgan fingerprint density at radius 2 is 2.00 bits per heavy atom. The van der Waals surface area contributed by atoms with Gasteiger partial charge in [0.25, 0.3) is 0 Å². The minimum atomic E-state index is -1.18. The predicted octanol–water partition coefficient (Wildman–Crippen LogP) is 1.38. The maximum atomic E-state index is 15.9. The van der Waals surface area contributed by atoms with Crippen LogP contribution in [0.1, 0.15) is 46.8 Å². The lowest BCUT2D eigenvalue weighted by atomic mass is 10.0. The maximum absolute atomic E-state index is 15.9. The Balaban J connectivity index is 1.83. The Hall–Kier alpha value is -5.51. The highest BCUT2D eigenvalue weighted by Crippen LogP contribution is 2.35. The van der Waals surface area contributed by atoms with Crippen LogP contribution in [0.15, 0.2) is 47.5 Å². The van der Waals surface area contributed by atoms with E-state index in [1.165, 1.54) is 19.2 Å². The number of aromatic amines is 2. The molecule has 4 aromatic rings. The number of rotatable bonds is 12. The summed E-state index contributed by atoms with van der Waals surface area (Å²) in [5.41, 5.74) is 5.24. The molecule has 2 aromatic carbocycles. The lowest BCUT2D eigenvalue weighted by molar-refractivity contribution is -0.135. The first kappa shape index (κ1) is 29.5. The molecule has 0 saturated heterocycles. The van der Waals surface area contributed by atoms with Gasteiger partial charge in [0.1, 0.15) is 17.6 Å². The summed E-state index contributed by atoms with van der Waals surface area (Å²) in [6.07, 6.45) is 1.36. The van der Waals surface area contributed by atoms with E-state index in [-0.39, 0.29) is 59.9 Å².